The minimum absolute atomic E-state index is 0.928. The number of benzene rings is 7. The molecular formula is C38H22OS. The Kier molecular flexibility index (Phi) is 4.55. The topological polar surface area (TPSA) is 13.1 Å². The normalized spacial score (nSPS) is 12.0. The molecule has 0 N–H and O–H groups in total. The third-order valence-electron chi connectivity index (χ3n) is 8.31. The molecule has 0 unspecified atom stereocenters. The van der Waals surface area contributed by atoms with E-state index in [0.29, 0.717) is 0 Å². The zero-order valence-electron chi connectivity index (χ0n) is 21.5. The van der Waals surface area contributed by atoms with Gasteiger partial charge in [-0.15, -0.1) is 11.3 Å². The van der Waals surface area contributed by atoms with Gasteiger partial charge in [0.1, 0.15) is 11.2 Å². The van der Waals surface area contributed by atoms with E-state index in [9.17, 15) is 0 Å². The van der Waals surface area contributed by atoms with Gasteiger partial charge in [-0.25, -0.2) is 0 Å². The lowest BCUT2D eigenvalue weighted by molar-refractivity contribution is 0.669. The second kappa shape index (κ2) is 8.29. The zero-order valence-corrected chi connectivity index (χ0v) is 22.3. The number of thiophene rings is 1. The van der Waals surface area contributed by atoms with Gasteiger partial charge in [-0.2, -0.15) is 0 Å². The predicted octanol–water partition coefficient (Wildman–Crippen LogP) is 11.6. The van der Waals surface area contributed by atoms with E-state index in [0.717, 1.165) is 11.2 Å². The molecule has 0 saturated heterocycles. The molecule has 40 heavy (non-hydrogen) atoms. The first kappa shape index (κ1) is 22.0. The van der Waals surface area contributed by atoms with Gasteiger partial charge in [-0.3, -0.25) is 0 Å². The molecule has 0 aliphatic rings. The number of rotatable bonds is 2. The number of furan rings is 1. The van der Waals surface area contributed by atoms with E-state index in [-0.39, 0.29) is 0 Å². The van der Waals surface area contributed by atoms with Crippen LogP contribution in [0.3, 0.4) is 0 Å². The smallest absolute Gasteiger partial charge is 0.136 e. The van der Waals surface area contributed by atoms with Crippen LogP contribution in [0, 0.1) is 0 Å². The summed E-state index contributed by atoms with van der Waals surface area (Å²) in [7, 11) is 0. The van der Waals surface area contributed by atoms with Crippen molar-refractivity contribution >= 4 is 75.7 Å². The van der Waals surface area contributed by atoms with Crippen LogP contribution in [0.1, 0.15) is 0 Å². The lowest BCUT2D eigenvalue weighted by Crippen LogP contribution is -1.91. The highest BCUT2D eigenvalue weighted by atomic mass is 32.1. The molecule has 2 heteroatoms. The molecule has 0 spiro atoms. The van der Waals surface area contributed by atoms with Crippen LogP contribution in [0.15, 0.2) is 137 Å². The van der Waals surface area contributed by atoms with Crippen LogP contribution in [0.2, 0.25) is 0 Å². The largest absolute Gasteiger partial charge is 0.456 e. The van der Waals surface area contributed by atoms with Crippen molar-refractivity contribution in [3.05, 3.63) is 133 Å². The minimum Gasteiger partial charge on any atom is -0.456 e. The molecule has 0 aliphatic heterocycles. The van der Waals surface area contributed by atoms with E-state index < -0.39 is 0 Å². The molecule has 0 fully saturated rings. The first-order chi connectivity index (χ1) is 19.8. The van der Waals surface area contributed by atoms with Gasteiger partial charge >= 0.3 is 0 Å². The third kappa shape index (κ3) is 3.08. The van der Waals surface area contributed by atoms with Crippen molar-refractivity contribution in [3.8, 4) is 22.3 Å². The van der Waals surface area contributed by atoms with E-state index in [1.807, 2.05) is 0 Å². The van der Waals surface area contributed by atoms with Crippen molar-refractivity contribution in [3.63, 3.8) is 0 Å². The third-order valence-corrected chi connectivity index (χ3v) is 9.19. The van der Waals surface area contributed by atoms with Crippen LogP contribution in [0.5, 0.6) is 0 Å². The molecule has 9 rings (SSSR count). The van der Waals surface area contributed by atoms with Crippen molar-refractivity contribution in [2.24, 2.45) is 0 Å². The first-order valence-corrected chi connectivity index (χ1v) is 14.5. The highest BCUT2D eigenvalue weighted by molar-refractivity contribution is 7.17. The van der Waals surface area contributed by atoms with Crippen LogP contribution in [0.4, 0.5) is 0 Å². The summed E-state index contributed by atoms with van der Waals surface area (Å²) in [6, 6.07) is 46.3. The van der Waals surface area contributed by atoms with Gasteiger partial charge in [0.05, 0.1) is 0 Å². The zero-order chi connectivity index (χ0) is 26.2. The van der Waals surface area contributed by atoms with Crippen LogP contribution in [-0.2, 0) is 0 Å². The van der Waals surface area contributed by atoms with Gasteiger partial charge < -0.3 is 4.42 Å². The van der Waals surface area contributed by atoms with Gasteiger partial charge in [0.25, 0.3) is 0 Å². The van der Waals surface area contributed by atoms with Gasteiger partial charge in [-0.1, -0.05) is 97.1 Å². The molecule has 7 aromatic carbocycles. The molecule has 0 radical (unpaired) electrons. The van der Waals surface area contributed by atoms with E-state index in [4.69, 9.17) is 4.42 Å². The average Bonchev–Trinajstić information content (AvgIpc) is 3.62. The highest BCUT2D eigenvalue weighted by Crippen LogP contribution is 2.47. The van der Waals surface area contributed by atoms with Crippen LogP contribution in [0.25, 0.3) is 86.6 Å². The van der Waals surface area contributed by atoms with E-state index in [2.05, 4.69) is 133 Å². The Bertz CT molecular complexity index is 2380. The second-order valence-electron chi connectivity index (χ2n) is 10.5. The molecule has 0 amide bonds. The summed E-state index contributed by atoms with van der Waals surface area (Å²) in [5.74, 6) is 0. The molecule has 2 heterocycles. The summed E-state index contributed by atoms with van der Waals surface area (Å²) in [5, 5.41) is 13.3. The molecule has 2 aromatic heterocycles. The maximum Gasteiger partial charge on any atom is 0.136 e. The summed E-state index contributed by atoms with van der Waals surface area (Å²) in [5.41, 5.74) is 6.86. The summed E-state index contributed by atoms with van der Waals surface area (Å²) >= 11 is 1.78. The fourth-order valence-corrected chi connectivity index (χ4v) is 7.37. The Morgan fingerprint density at radius 3 is 1.93 bits per heavy atom. The fraction of sp³-hybridized carbons (Fsp3) is 0. The SMILES string of the molecule is c1ccc2cc(-c3c4ccccc4c(-c4cccc5oc6cc7ccsc7cc6c45)c4ccccc34)ccc2c1. The van der Waals surface area contributed by atoms with Crippen molar-refractivity contribution in [2.45, 2.75) is 0 Å². The highest BCUT2D eigenvalue weighted by Gasteiger charge is 2.20. The molecule has 0 aliphatic carbocycles. The maximum atomic E-state index is 6.45. The van der Waals surface area contributed by atoms with E-state index >= 15 is 0 Å². The second-order valence-corrected chi connectivity index (χ2v) is 11.4. The Labute approximate surface area is 234 Å². The lowest BCUT2D eigenvalue weighted by Gasteiger charge is -2.18. The van der Waals surface area contributed by atoms with Crippen LogP contribution < -0.4 is 0 Å². The standard InChI is InChI=1S/C38H22OS/c1-2-9-24-20-26(17-16-23(24)8-1)36-27-10-3-5-12-29(27)37(30-13-6-4-11-28(30)36)31-14-7-15-33-38(31)32-22-35-25(18-19-40-35)21-34(32)39-33/h1-22H. The van der Waals surface area contributed by atoms with Gasteiger partial charge in [-0.05, 0) is 95.7 Å². The molecule has 0 bridgehead atoms. The van der Waals surface area contributed by atoms with E-state index in [1.165, 1.54) is 75.4 Å². The predicted molar refractivity (Wildman–Crippen MR) is 172 cm³/mol. The fourth-order valence-electron chi connectivity index (χ4n) is 6.56. The van der Waals surface area contributed by atoms with Crippen LogP contribution in [-0.4, -0.2) is 0 Å². The van der Waals surface area contributed by atoms with Crippen molar-refractivity contribution in [1.82, 2.24) is 0 Å². The quantitative estimate of drug-likeness (QED) is 0.204. The number of fused-ring (bicyclic) bond motifs is 7. The van der Waals surface area contributed by atoms with E-state index in [1.54, 1.807) is 11.3 Å². The first-order valence-electron chi connectivity index (χ1n) is 13.6. The minimum atomic E-state index is 0.928. The molecule has 1 nitrogen and oxygen atoms in total. The Morgan fingerprint density at radius 1 is 0.450 bits per heavy atom. The number of hydrogen-bond acceptors (Lipinski definition) is 2. The van der Waals surface area contributed by atoms with Crippen LogP contribution >= 0.6 is 11.3 Å². The average molecular weight is 527 g/mol. The van der Waals surface area contributed by atoms with Crippen molar-refractivity contribution in [2.75, 3.05) is 0 Å². The summed E-state index contributed by atoms with van der Waals surface area (Å²) in [6.07, 6.45) is 0. The van der Waals surface area contributed by atoms with Gasteiger partial charge in [0.15, 0.2) is 0 Å². The molecule has 0 atom stereocenters. The molecule has 186 valence electrons. The van der Waals surface area contributed by atoms with Gasteiger partial charge in [0.2, 0.25) is 0 Å². The molecular weight excluding hydrogens is 504 g/mol. The monoisotopic (exact) mass is 526 g/mol. The molecule has 0 saturated carbocycles. The summed E-state index contributed by atoms with van der Waals surface area (Å²) in [6.45, 7) is 0. The summed E-state index contributed by atoms with van der Waals surface area (Å²) < 4.78 is 7.74. The lowest BCUT2D eigenvalue weighted by atomic mass is 9.84. The Balaban J connectivity index is 1.44. The van der Waals surface area contributed by atoms with Gasteiger partial charge in [0, 0.05) is 15.5 Å². The van der Waals surface area contributed by atoms with Crippen molar-refractivity contribution in [1.29, 1.82) is 0 Å². The number of hydrogen-bond donors (Lipinski definition) is 0. The maximum absolute atomic E-state index is 6.45. The molecule has 9 aromatic rings. The Hall–Kier alpha value is -4.92. The van der Waals surface area contributed by atoms with Crippen molar-refractivity contribution < 1.29 is 4.42 Å². The summed E-state index contributed by atoms with van der Waals surface area (Å²) in [4.78, 5) is 0. The Morgan fingerprint density at radius 2 is 1.15 bits per heavy atom.